The van der Waals surface area contributed by atoms with Crippen LogP contribution >= 0.6 is 28.3 Å². The van der Waals surface area contributed by atoms with Crippen molar-refractivity contribution in [3.63, 3.8) is 0 Å². The van der Waals surface area contributed by atoms with Crippen LogP contribution in [0.25, 0.3) is 10.4 Å². The van der Waals surface area contributed by atoms with Crippen LogP contribution in [0.2, 0.25) is 0 Å². The van der Waals surface area contributed by atoms with E-state index in [1.54, 1.807) is 12.1 Å². The number of carboxylic acids is 1. The number of rotatable bonds is 3. The molecule has 4 nitrogen and oxygen atoms in total. The number of hydrogen-bond donors (Lipinski definition) is 2. The molecule has 0 amide bonds. The first kappa shape index (κ1) is 14.6. The summed E-state index contributed by atoms with van der Waals surface area (Å²) in [6, 6.07) is 5.91. The average molecular weight is 333 g/mol. The molecule has 0 aliphatic rings. The number of anilines is 1. The molecule has 0 bridgehead atoms. The molecule has 0 saturated heterocycles. The van der Waals surface area contributed by atoms with E-state index < -0.39 is 5.97 Å². The smallest absolute Gasteiger partial charge is 0.309 e. The fourth-order valence-corrected chi connectivity index (χ4v) is 2.33. The van der Waals surface area contributed by atoms with Crippen LogP contribution in [-0.2, 0) is 11.2 Å². The lowest BCUT2D eigenvalue weighted by Gasteiger charge is -2.00. The fourth-order valence-electron chi connectivity index (χ4n) is 1.49. The van der Waals surface area contributed by atoms with Crippen LogP contribution in [0.1, 0.15) is 5.69 Å². The first-order valence-electron chi connectivity index (χ1n) is 4.79. The minimum atomic E-state index is -0.993. The van der Waals surface area contributed by atoms with Gasteiger partial charge in [0.2, 0.25) is 0 Å². The topological polar surface area (TPSA) is 76.2 Å². The van der Waals surface area contributed by atoms with Crippen LogP contribution in [-0.4, -0.2) is 16.1 Å². The molecular formula is C11H10BrFN2O2S. The van der Waals surface area contributed by atoms with Gasteiger partial charge in [-0.2, -0.15) is 0 Å². The van der Waals surface area contributed by atoms with Gasteiger partial charge in [-0.3, -0.25) is 4.79 Å². The number of nitrogen functional groups attached to an aromatic ring is 1. The molecule has 0 fully saturated rings. The molecule has 1 heterocycles. The maximum Gasteiger partial charge on any atom is 0.309 e. The predicted octanol–water partition coefficient (Wildman–Crippen LogP) is 2.74. The monoisotopic (exact) mass is 332 g/mol. The van der Waals surface area contributed by atoms with Crippen molar-refractivity contribution >= 4 is 39.4 Å². The van der Waals surface area contributed by atoms with Crippen molar-refractivity contribution in [2.24, 2.45) is 0 Å². The van der Waals surface area contributed by atoms with Gasteiger partial charge in [0, 0.05) is 0 Å². The summed E-state index contributed by atoms with van der Waals surface area (Å²) in [4.78, 5) is 15.2. The van der Waals surface area contributed by atoms with Crippen molar-refractivity contribution in [3.05, 3.63) is 35.8 Å². The molecule has 0 saturated carbocycles. The van der Waals surface area contributed by atoms with Crippen molar-refractivity contribution in [2.45, 2.75) is 6.42 Å². The summed E-state index contributed by atoms with van der Waals surface area (Å²) < 4.78 is 13.1. The SMILES string of the molecule is Br.Nc1nc(CC(=O)O)c(-c2cccc(F)c2)s1. The highest BCUT2D eigenvalue weighted by Crippen LogP contribution is 2.32. The third-order valence-corrected chi connectivity index (χ3v) is 3.10. The van der Waals surface area contributed by atoms with Crippen molar-refractivity contribution in [1.29, 1.82) is 0 Å². The second kappa shape index (κ2) is 5.92. The molecule has 7 heteroatoms. The highest BCUT2D eigenvalue weighted by atomic mass is 79.9. The third-order valence-electron chi connectivity index (χ3n) is 2.12. The number of carbonyl (C=O) groups is 1. The summed E-state index contributed by atoms with van der Waals surface area (Å²) in [5.74, 6) is -1.37. The fraction of sp³-hybridized carbons (Fsp3) is 0.0909. The van der Waals surface area contributed by atoms with E-state index in [4.69, 9.17) is 10.8 Å². The third kappa shape index (κ3) is 3.27. The zero-order chi connectivity index (χ0) is 12.4. The number of aliphatic carboxylic acids is 1. The van der Waals surface area contributed by atoms with Gasteiger partial charge >= 0.3 is 5.97 Å². The Balaban J connectivity index is 0.00000162. The minimum Gasteiger partial charge on any atom is -0.481 e. The quantitative estimate of drug-likeness (QED) is 0.906. The number of nitrogens with two attached hydrogens (primary N) is 1. The van der Waals surface area contributed by atoms with Crippen molar-refractivity contribution < 1.29 is 14.3 Å². The number of aromatic nitrogens is 1. The van der Waals surface area contributed by atoms with Crippen molar-refractivity contribution in [1.82, 2.24) is 4.98 Å². The number of carboxylic acid groups (broad SMARTS) is 1. The zero-order valence-electron chi connectivity index (χ0n) is 9.09. The van der Waals surface area contributed by atoms with Crippen molar-refractivity contribution in [3.8, 4) is 10.4 Å². The summed E-state index contributed by atoms with van der Waals surface area (Å²) in [6.07, 6.45) is -0.223. The molecule has 0 aliphatic heterocycles. The number of halogens is 2. The zero-order valence-corrected chi connectivity index (χ0v) is 11.6. The predicted molar refractivity (Wildman–Crippen MR) is 73.6 cm³/mol. The van der Waals surface area contributed by atoms with Gasteiger partial charge in [0.05, 0.1) is 17.0 Å². The number of hydrogen-bond acceptors (Lipinski definition) is 4. The molecule has 1 aromatic heterocycles. The van der Waals surface area contributed by atoms with E-state index in [9.17, 15) is 9.18 Å². The summed E-state index contributed by atoms with van der Waals surface area (Å²) in [5.41, 5.74) is 6.51. The van der Waals surface area contributed by atoms with E-state index in [1.807, 2.05) is 0 Å². The van der Waals surface area contributed by atoms with Gasteiger partial charge in [-0.25, -0.2) is 9.37 Å². The maximum atomic E-state index is 13.1. The largest absolute Gasteiger partial charge is 0.481 e. The molecule has 0 spiro atoms. The highest BCUT2D eigenvalue weighted by Gasteiger charge is 2.14. The van der Waals surface area contributed by atoms with Crippen LogP contribution in [0.3, 0.4) is 0 Å². The normalized spacial score (nSPS) is 9.83. The highest BCUT2D eigenvalue weighted by molar-refractivity contribution is 8.93. The lowest BCUT2D eigenvalue weighted by atomic mass is 10.1. The average Bonchev–Trinajstić information content (AvgIpc) is 2.58. The Morgan fingerprint density at radius 2 is 2.22 bits per heavy atom. The number of benzene rings is 1. The van der Waals surface area contributed by atoms with Gasteiger partial charge in [0.15, 0.2) is 5.13 Å². The standard InChI is InChI=1S/C11H9FN2O2S.BrH/c12-7-3-1-2-6(4-7)10-8(5-9(15)16)14-11(13)17-10;/h1-4H,5H2,(H2,13,14)(H,15,16);1H. The Bertz CT molecular complexity index is 574. The Kier molecular flexibility index (Phi) is 4.80. The summed E-state index contributed by atoms with van der Waals surface area (Å²) in [6.45, 7) is 0. The van der Waals surface area contributed by atoms with Gasteiger partial charge in [-0.15, -0.1) is 17.0 Å². The Hall–Kier alpha value is -1.47. The Morgan fingerprint density at radius 1 is 1.50 bits per heavy atom. The molecule has 18 heavy (non-hydrogen) atoms. The van der Waals surface area contributed by atoms with Crippen LogP contribution < -0.4 is 5.73 Å². The molecule has 1 aromatic carbocycles. The number of thiazole rings is 1. The van der Waals surface area contributed by atoms with Crippen LogP contribution in [0.15, 0.2) is 24.3 Å². The first-order chi connectivity index (χ1) is 8.06. The van der Waals surface area contributed by atoms with E-state index >= 15 is 0 Å². The van der Waals surface area contributed by atoms with Gasteiger partial charge in [-0.05, 0) is 17.7 Å². The van der Waals surface area contributed by atoms with Gasteiger partial charge in [0.25, 0.3) is 0 Å². The van der Waals surface area contributed by atoms with E-state index in [2.05, 4.69) is 4.98 Å². The molecular weight excluding hydrogens is 323 g/mol. The minimum absolute atomic E-state index is 0. The van der Waals surface area contributed by atoms with E-state index in [1.165, 1.54) is 12.1 Å². The maximum absolute atomic E-state index is 13.1. The second-order valence-electron chi connectivity index (χ2n) is 3.41. The van der Waals surface area contributed by atoms with Crippen molar-refractivity contribution in [2.75, 3.05) is 5.73 Å². The second-order valence-corrected chi connectivity index (χ2v) is 4.44. The molecule has 96 valence electrons. The van der Waals surface area contributed by atoms with Gasteiger partial charge < -0.3 is 10.8 Å². The van der Waals surface area contributed by atoms with Crippen LogP contribution in [0.5, 0.6) is 0 Å². The Morgan fingerprint density at radius 3 is 2.83 bits per heavy atom. The first-order valence-corrected chi connectivity index (χ1v) is 5.61. The van der Waals surface area contributed by atoms with Crippen LogP contribution in [0, 0.1) is 5.82 Å². The molecule has 0 atom stereocenters. The molecule has 3 N–H and O–H groups in total. The summed E-state index contributed by atoms with van der Waals surface area (Å²) in [7, 11) is 0. The molecule has 0 radical (unpaired) electrons. The number of nitrogens with zero attached hydrogens (tertiary/aromatic N) is 1. The van der Waals surface area contributed by atoms with E-state index in [0.717, 1.165) is 11.3 Å². The van der Waals surface area contributed by atoms with E-state index in [0.29, 0.717) is 16.1 Å². The van der Waals surface area contributed by atoms with E-state index in [-0.39, 0.29) is 34.4 Å². The lowest BCUT2D eigenvalue weighted by Crippen LogP contribution is -2.01. The summed E-state index contributed by atoms with van der Waals surface area (Å²) in [5, 5.41) is 9.03. The molecule has 2 rings (SSSR count). The molecule has 2 aromatic rings. The Labute approximate surface area is 117 Å². The van der Waals surface area contributed by atoms with Crippen LogP contribution in [0.4, 0.5) is 9.52 Å². The van der Waals surface area contributed by atoms with Gasteiger partial charge in [-0.1, -0.05) is 23.5 Å². The lowest BCUT2D eigenvalue weighted by molar-refractivity contribution is -0.136. The molecule has 0 aliphatic carbocycles. The van der Waals surface area contributed by atoms with Gasteiger partial charge in [0.1, 0.15) is 5.82 Å². The molecule has 0 unspecified atom stereocenters. The summed E-state index contributed by atoms with van der Waals surface area (Å²) >= 11 is 1.15.